The van der Waals surface area contributed by atoms with Gasteiger partial charge < -0.3 is 10.4 Å². The lowest BCUT2D eigenvalue weighted by molar-refractivity contribution is 0.0698. The van der Waals surface area contributed by atoms with Crippen molar-refractivity contribution >= 4 is 33.5 Å². The first-order valence-corrected chi connectivity index (χ1v) is 7.09. The second-order valence-corrected chi connectivity index (χ2v) is 5.27. The third-order valence-electron chi connectivity index (χ3n) is 3.01. The molecule has 0 spiro atoms. The van der Waals surface area contributed by atoms with Crippen LogP contribution < -0.4 is 5.32 Å². The van der Waals surface area contributed by atoms with Crippen molar-refractivity contribution in [3.8, 4) is 0 Å². The highest BCUT2D eigenvalue weighted by Gasteiger charge is 2.18. The van der Waals surface area contributed by atoms with Gasteiger partial charge in [-0.25, -0.2) is 4.79 Å². The van der Waals surface area contributed by atoms with Gasteiger partial charge in [-0.2, -0.15) is 5.10 Å². The maximum Gasteiger partial charge on any atom is 0.337 e. The van der Waals surface area contributed by atoms with Gasteiger partial charge >= 0.3 is 5.97 Å². The largest absolute Gasteiger partial charge is 0.478 e. The summed E-state index contributed by atoms with van der Waals surface area (Å²) in [6.45, 7) is 1.94. The number of aryl methyl sites for hydroxylation is 2. The van der Waals surface area contributed by atoms with Gasteiger partial charge in [0, 0.05) is 11.5 Å². The van der Waals surface area contributed by atoms with Crippen LogP contribution in [0.2, 0.25) is 0 Å². The number of benzene rings is 1. The average Bonchev–Trinajstić information content (AvgIpc) is 2.82. The van der Waals surface area contributed by atoms with Crippen LogP contribution in [0.5, 0.6) is 0 Å². The summed E-state index contributed by atoms with van der Waals surface area (Å²) in [5, 5.41) is 16.0. The van der Waals surface area contributed by atoms with E-state index in [9.17, 15) is 14.7 Å². The smallest absolute Gasteiger partial charge is 0.337 e. The molecule has 6 nitrogen and oxygen atoms in total. The zero-order chi connectivity index (χ0) is 15.6. The van der Waals surface area contributed by atoms with Gasteiger partial charge in [-0.1, -0.05) is 13.0 Å². The van der Waals surface area contributed by atoms with Gasteiger partial charge in [0.05, 0.1) is 16.9 Å². The monoisotopic (exact) mass is 351 g/mol. The quantitative estimate of drug-likeness (QED) is 0.886. The first-order chi connectivity index (χ1) is 9.93. The molecule has 0 fully saturated rings. The van der Waals surface area contributed by atoms with E-state index in [1.807, 2.05) is 6.92 Å². The van der Waals surface area contributed by atoms with E-state index >= 15 is 0 Å². The first kappa shape index (κ1) is 15.2. The van der Waals surface area contributed by atoms with E-state index < -0.39 is 11.9 Å². The normalized spacial score (nSPS) is 10.4. The summed E-state index contributed by atoms with van der Waals surface area (Å²) >= 11 is 3.25. The fraction of sp³-hybridized carbons (Fsp3) is 0.214. The molecular weight excluding hydrogens is 338 g/mol. The first-order valence-electron chi connectivity index (χ1n) is 6.30. The molecule has 2 aromatic rings. The Labute approximate surface area is 129 Å². The molecule has 0 saturated heterocycles. The number of nitrogens with one attached hydrogen (secondary N) is 1. The van der Waals surface area contributed by atoms with Crippen LogP contribution in [0, 0.1) is 0 Å². The van der Waals surface area contributed by atoms with E-state index in [0.717, 1.165) is 12.1 Å². The number of carboxylic acid groups (broad SMARTS) is 1. The Morgan fingerprint density at radius 2 is 2.14 bits per heavy atom. The number of carbonyl (C=O) groups excluding carboxylic acids is 1. The molecule has 7 heteroatoms. The van der Waals surface area contributed by atoms with Gasteiger partial charge in [0.1, 0.15) is 5.69 Å². The lowest BCUT2D eigenvalue weighted by Gasteiger charge is -2.10. The number of aromatic nitrogens is 2. The van der Waals surface area contributed by atoms with E-state index in [0.29, 0.717) is 10.2 Å². The molecule has 1 amide bonds. The number of carbonyl (C=O) groups is 2. The molecule has 0 radical (unpaired) electrons. The van der Waals surface area contributed by atoms with Gasteiger partial charge in [-0.3, -0.25) is 9.48 Å². The lowest BCUT2D eigenvalue weighted by atomic mass is 10.1. The van der Waals surface area contributed by atoms with Gasteiger partial charge in [0.25, 0.3) is 5.91 Å². The molecule has 0 bridgehead atoms. The van der Waals surface area contributed by atoms with Gasteiger partial charge in [-0.15, -0.1) is 0 Å². The summed E-state index contributed by atoms with van der Waals surface area (Å²) in [4.78, 5) is 23.5. The minimum absolute atomic E-state index is 0.0237. The summed E-state index contributed by atoms with van der Waals surface area (Å²) in [7, 11) is 1.67. The molecule has 0 aliphatic heterocycles. The number of rotatable bonds is 4. The molecule has 0 atom stereocenters. The van der Waals surface area contributed by atoms with Crippen molar-refractivity contribution in [1.82, 2.24) is 9.78 Å². The Balaban J connectivity index is 2.35. The molecule has 0 unspecified atom stereocenters. The Bertz CT molecular complexity index is 709. The lowest BCUT2D eigenvalue weighted by Crippen LogP contribution is -2.18. The molecule has 2 rings (SSSR count). The summed E-state index contributed by atoms with van der Waals surface area (Å²) in [6, 6.07) is 6.39. The number of halogens is 1. The van der Waals surface area contributed by atoms with Crippen molar-refractivity contribution in [3.05, 3.63) is 45.7 Å². The highest BCUT2D eigenvalue weighted by molar-refractivity contribution is 9.10. The Hall–Kier alpha value is -2.15. The van der Waals surface area contributed by atoms with Crippen molar-refractivity contribution in [2.24, 2.45) is 7.05 Å². The number of hydrogen-bond acceptors (Lipinski definition) is 3. The van der Waals surface area contributed by atoms with Crippen LogP contribution in [-0.4, -0.2) is 26.8 Å². The van der Waals surface area contributed by atoms with E-state index in [2.05, 4.69) is 26.3 Å². The van der Waals surface area contributed by atoms with Crippen LogP contribution >= 0.6 is 15.9 Å². The number of anilines is 1. The number of nitrogens with zero attached hydrogens (tertiary/aromatic N) is 2. The zero-order valence-electron chi connectivity index (χ0n) is 11.6. The van der Waals surface area contributed by atoms with Crippen molar-refractivity contribution in [2.75, 3.05) is 5.32 Å². The predicted octanol–water partition coefficient (Wildman–Crippen LogP) is 2.70. The highest BCUT2D eigenvalue weighted by atomic mass is 79.9. The SMILES string of the molecule is CCc1cc(C(=O)Nc2c(Br)cccc2C(=O)O)n(C)n1. The molecule has 1 heterocycles. The summed E-state index contributed by atoms with van der Waals surface area (Å²) in [6.07, 6.45) is 0.719. The number of carboxylic acids is 1. The van der Waals surface area contributed by atoms with Crippen molar-refractivity contribution in [3.63, 3.8) is 0 Å². The standard InChI is InChI=1S/C14H14BrN3O3/c1-3-8-7-11(18(2)17-8)13(19)16-12-9(14(20)21)5-4-6-10(12)15/h4-7H,3H2,1-2H3,(H,16,19)(H,20,21). The van der Waals surface area contributed by atoms with Crippen molar-refractivity contribution in [2.45, 2.75) is 13.3 Å². The van der Waals surface area contributed by atoms with Crippen LogP contribution in [0.4, 0.5) is 5.69 Å². The van der Waals surface area contributed by atoms with E-state index in [1.165, 1.54) is 10.7 Å². The van der Waals surface area contributed by atoms with Crippen LogP contribution in [0.3, 0.4) is 0 Å². The number of amides is 1. The second-order valence-electron chi connectivity index (χ2n) is 4.42. The molecule has 21 heavy (non-hydrogen) atoms. The van der Waals surface area contributed by atoms with Crippen LogP contribution in [-0.2, 0) is 13.5 Å². The van der Waals surface area contributed by atoms with Gasteiger partial charge in [0.15, 0.2) is 0 Å². The van der Waals surface area contributed by atoms with Crippen LogP contribution in [0.25, 0.3) is 0 Å². The molecule has 2 N–H and O–H groups in total. The van der Waals surface area contributed by atoms with Crippen molar-refractivity contribution in [1.29, 1.82) is 0 Å². The topological polar surface area (TPSA) is 84.2 Å². The Morgan fingerprint density at radius 1 is 1.43 bits per heavy atom. The number of aromatic carboxylic acids is 1. The molecule has 0 aliphatic carbocycles. The third-order valence-corrected chi connectivity index (χ3v) is 3.67. The van der Waals surface area contributed by atoms with Gasteiger partial charge in [0.2, 0.25) is 0 Å². The predicted molar refractivity (Wildman–Crippen MR) is 81.6 cm³/mol. The molecule has 1 aromatic heterocycles. The average molecular weight is 352 g/mol. The minimum Gasteiger partial charge on any atom is -0.478 e. The minimum atomic E-state index is -1.11. The summed E-state index contributed by atoms with van der Waals surface area (Å²) in [5.74, 6) is -1.51. The van der Waals surface area contributed by atoms with E-state index in [1.54, 1.807) is 25.2 Å². The Kier molecular flexibility index (Phi) is 4.42. The molecule has 110 valence electrons. The fourth-order valence-electron chi connectivity index (χ4n) is 1.92. The molecule has 0 aliphatic rings. The number of para-hydroxylation sites is 1. The van der Waals surface area contributed by atoms with Crippen molar-refractivity contribution < 1.29 is 14.7 Å². The molecular formula is C14H14BrN3O3. The van der Waals surface area contributed by atoms with Crippen LogP contribution in [0.1, 0.15) is 33.5 Å². The maximum atomic E-state index is 12.3. The highest BCUT2D eigenvalue weighted by Crippen LogP contribution is 2.27. The zero-order valence-corrected chi connectivity index (χ0v) is 13.1. The Morgan fingerprint density at radius 3 is 2.71 bits per heavy atom. The second kappa shape index (κ2) is 6.09. The van der Waals surface area contributed by atoms with E-state index in [4.69, 9.17) is 0 Å². The summed E-state index contributed by atoms with van der Waals surface area (Å²) < 4.78 is 1.99. The molecule has 0 saturated carbocycles. The fourth-order valence-corrected chi connectivity index (χ4v) is 2.38. The summed E-state index contributed by atoms with van der Waals surface area (Å²) in [5.41, 5.74) is 1.43. The van der Waals surface area contributed by atoms with Crippen LogP contribution in [0.15, 0.2) is 28.7 Å². The number of hydrogen-bond donors (Lipinski definition) is 2. The maximum absolute atomic E-state index is 12.3. The molecule has 1 aromatic carbocycles. The van der Waals surface area contributed by atoms with Gasteiger partial charge in [-0.05, 0) is 40.5 Å². The van der Waals surface area contributed by atoms with E-state index in [-0.39, 0.29) is 11.3 Å². The third kappa shape index (κ3) is 3.13.